The molecule has 0 fully saturated rings. The van der Waals surface area contributed by atoms with Crippen LogP contribution in [0.5, 0.6) is 0 Å². The third kappa shape index (κ3) is 2.57. The smallest absolute Gasteiger partial charge is 0.0495 e. The third-order valence-corrected chi connectivity index (χ3v) is 4.05. The lowest BCUT2D eigenvalue weighted by molar-refractivity contribution is 0.131. The van der Waals surface area contributed by atoms with Gasteiger partial charge in [0.1, 0.15) is 0 Å². The van der Waals surface area contributed by atoms with Crippen molar-refractivity contribution in [3.8, 4) is 0 Å². The normalized spacial score (nSPS) is 15.1. The Bertz CT molecular complexity index is 144. The van der Waals surface area contributed by atoms with E-state index in [1.807, 2.05) is 0 Å². The summed E-state index contributed by atoms with van der Waals surface area (Å²) in [6.45, 7) is 13.2. The summed E-state index contributed by atoms with van der Waals surface area (Å²) in [4.78, 5) is 0. The largest absolute Gasteiger partial charge is 0.0760 e. The molecule has 13 heavy (non-hydrogen) atoms. The second-order valence-electron chi connectivity index (χ2n) is 5.04. The lowest BCUT2D eigenvalue weighted by Crippen LogP contribution is -2.41. The Morgan fingerprint density at radius 1 is 0.923 bits per heavy atom. The minimum Gasteiger partial charge on any atom is -0.0760 e. The van der Waals surface area contributed by atoms with Gasteiger partial charge >= 0.3 is 0 Å². The Morgan fingerprint density at radius 2 is 1.23 bits per heavy atom. The minimum atomic E-state index is -0.213. The lowest BCUT2D eigenvalue weighted by atomic mass is 9.12. The van der Waals surface area contributed by atoms with Crippen molar-refractivity contribution in [1.29, 1.82) is 0 Å². The molecule has 4 radical (unpaired) electrons. The Morgan fingerprint density at radius 3 is 1.31 bits per heavy atom. The summed E-state index contributed by atoms with van der Waals surface area (Å²) in [5.41, 5.74) is 0.230. The molecule has 70 valence electrons. The molecule has 0 saturated heterocycles. The van der Waals surface area contributed by atoms with Gasteiger partial charge < -0.3 is 0 Å². The van der Waals surface area contributed by atoms with E-state index in [1.165, 1.54) is 0 Å². The van der Waals surface area contributed by atoms with Gasteiger partial charge in [0.2, 0.25) is 0 Å². The van der Waals surface area contributed by atoms with Crippen molar-refractivity contribution in [2.24, 2.45) is 17.3 Å². The van der Waals surface area contributed by atoms with Gasteiger partial charge in [0.25, 0.3) is 0 Å². The van der Waals surface area contributed by atoms with Crippen molar-refractivity contribution >= 4 is 22.0 Å². The SMILES string of the molecule is [B]B([B])C(C)C(C)(C(C)C)C(C)C. The molecule has 1 unspecified atom stereocenters. The minimum absolute atomic E-state index is 0.213. The zero-order chi connectivity index (χ0) is 10.8. The van der Waals surface area contributed by atoms with Crippen LogP contribution in [0.1, 0.15) is 41.5 Å². The molecule has 0 aliphatic carbocycles. The number of rotatable bonds is 4. The quantitative estimate of drug-likeness (QED) is 0.574. The third-order valence-electron chi connectivity index (χ3n) is 4.05. The Hall–Kier alpha value is 0.195. The summed E-state index contributed by atoms with van der Waals surface area (Å²) < 4.78 is 0. The van der Waals surface area contributed by atoms with E-state index < -0.39 is 0 Å². The second-order valence-corrected chi connectivity index (χ2v) is 5.04. The molecule has 0 N–H and O–H groups in total. The summed E-state index contributed by atoms with van der Waals surface area (Å²) in [6.07, 6.45) is 0. The first-order valence-electron chi connectivity index (χ1n) is 5.25. The maximum absolute atomic E-state index is 5.78. The van der Waals surface area contributed by atoms with Crippen molar-refractivity contribution in [2.75, 3.05) is 0 Å². The van der Waals surface area contributed by atoms with E-state index in [0.717, 1.165) is 0 Å². The van der Waals surface area contributed by atoms with Crippen LogP contribution >= 0.6 is 0 Å². The Labute approximate surface area is 87.1 Å². The average Bonchev–Trinajstić information content (AvgIpc) is 2.00. The van der Waals surface area contributed by atoms with E-state index >= 15 is 0 Å². The summed E-state index contributed by atoms with van der Waals surface area (Å²) in [7, 11) is 11.6. The molecule has 0 spiro atoms. The monoisotopic (exact) mass is 174 g/mol. The van der Waals surface area contributed by atoms with Gasteiger partial charge in [-0.15, -0.1) is 0 Å². The van der Waals surface area contributed by atoms with Gasteiger partial charge in [0, 0.05) is 22.0 Å². The molecule has 0 bridgehead atoms. The molecule has 0 aromatic rings. The van der Waals surface area contributed by atoms with Crippen molar-refractivity contribution in [1.82, 2.24) is 0 Å². The van der Waals surface area contributed by atoms with E-state index in [-0.39, 0.29) is 11.9 Å². The van der Waals surface area contributed by atoms with Crippen LogP contribution < -0.4 is 0 Å². The van der Waals surface area contributed by atoms with Gasteiger partial charge in [-0.1, -0.05) is 47.4 Å². The standard InChI is InChI=1S/C10H21B3/c1-7(2)10(6,8(3)4)9(5)13(11)12/h7-9H,1-6H3. The van der Waals surface area contributed by atoms with Gasteiger partial charge in [-0.2, -0.15) is 0 Å². The zero-order valence-electron chi connectivity index (χ0n) is 9.96. The predicted molar refractivity (Wildman–Crippen MR) is 64.5 cm³/mol. The first kappa shape index (κ1) is 13.2. The summed E-state index contributed by atoms with van der Waals surface area (Å²) in [5.74, 6) is 1.57. The van der Waals surface area contributed by atoms with E-state index in [1.54, 1.807) is 0 Å². The maximum atomic E-state index is 5.78. The summed E-state index contributed by atoms with van der Waals surface area (Å²) >= 11 is 0. The summed E-state index contributed by atoms with van der Waals surface area (Å²) in [5, 5.41) is 0. The first-order valence-corrected chi connectivity index (χ1v) is 5.25. The molecule has 0 aromatic carbocycles. The highest BCUT2D eigenvalue weighted by Gasteiger charge is 2.38. The summed E-state index contributed by atoms with van der Waals surface area (Å²) in [6, 6.07) is 0. The van der Waals surface area contributed by atoms with Crippen LogP contribution in [0.25, 0.3) is 0 Å². The molecular formula is C10H21B3. The lowest BCUT2D eigenvalue weighted by Gasteiger charge is -2.45. The number of hydrogen-bond donors (Lipinski definition) is 0. The average molecular weight is 174 g/mol. The van der Waals surface area contributed by atoms with E-state index in [9.17, 15) is 0 Å². The van der Waals surface area contributed by atoms with Crippen LogP contribution in [0, 0.1) is 17.3 Å². The molecule has 0 rings (SSSR count). The van der Waals surface area contributed by atoms with Gasteiger partial charge in [-0.25, -0.2) is 0 Å². The fraction of sp³-hybridized carbons (Fsp3) is 1.00. The molecular weight excluding hydrogens is 153 g/mol. The highest BCUT2D eigenvalue weighted by atomic mass is 14.4. The Balaban J connectivity index is 4.79. The molecule has 0 saturated carbocycles. The molecule has 0 aliphatic rings. The molecule has 0 aliphatic heterocycles. The molecule has 1 atom stereocenters. The molecule has 0 aromatic heterocycles. The number of hydrogen-bond acceptors (Lipinski definition) is 0. The molecule has 0 amide bonds. The van der Waals surface area contributed by atoms with Crippen LogP contribution in [-0.2, 0) is 0 Å². The maximum Gasteiger partial charge on any atom is 0.0495 e. The van der Waals surface area contributed by atoms with Crippen molar-refractivity contribution in [3.63, 3.8) is 0 Å². The van der Waals surface area contributed by atoms with Crippen LogP contribution in [0.4, 0.5) is 0 Å². The first-order chi connectivity index (χ1) is 5.74. The zero-order valence-corrected chi connectivity index (χ0v) is 9.96. The van der Waals surface area contributed by atoms with E-state index in [0.29, 0.717) is 17.7 Å². The molecule has 3 heteroatoms. The van der Waals surface area contributed by atoms with E-state index in [4.69, 9.17) is 15.5 Å². The van der Waals surface area contributed by atoms with Crippen LogP contribution in [0.15, 0.2) is 0 Å². The predicted octanol–water partition coefficient (Wildman–Crippen LogP) is 2.52. The fourth-order valence-electron chi connectivity index (χ4n) is 2.13. The van der Waals surface area contributed by atoms with Crippen molar-refractivity contribution in [3.05, 3.63) is 0 Å². The van der Waals surface area contributed by atoms with Gasteiger partial charge in [0.15, 0.2) is 0 Å². The van der Waals surface area contributed by atoms with Crippen LogP contribution in [0.3, 0.4) is 0 Å². The Kier molecular flexibility index (Phi) is 4.69. The molecule has 0 heterocycles. The fourth-order valence-corrected chi connectivity index (χ4v) is 2.13. The van der Waals surface area contributed by atoms with Gasteiger partial charge in [0.05, 0.1) is 0 Å². The van der Waals surface area contributed by atoms with E-state index in [2.05, 4.69) is 41.5 Å². The van der Waals surface area contributed by atoms with Crippen molar-refractivity contribution < 1.29 is 0 Å². The van der Waals surface area contributed by atoms with Gasteiger partial charge in [-0.05, 0) is 17.3 Å². The van der Waals surface area contributed by atoms with Crippen LogP contribution in [0.2, 0.25) is 5.82 Å². The molecule has 0 nitrogen and oxygen atoms in total. The highest BCUT2D eigenvalue weighted by molar-refractivity contribution is 7.29. The van der Waals surface area contributed by atoms with Crippen molar-refractivity contribution in [2.45, 2.75) is 47.4 Å². The van der Waals surface area contributed by atoms with Crippen LogP contribution in [-0.4, -0.2) is 22.0 Å². The second kappa shape index (κ2) is 4.62. The topological polar surface area (TPSA) is 0 Å². The highest BCUT2D eigenvalue weighted by Crippen LogP contribution is 2.46. The van der Waals surface area contributed by atoms with Gasteiger partial charge in [-0.3, -0.25) is 0 Å².